The van der Waals surface area contributed by atoms with Gasteiger partial charge in [-0.25, -0.2) is 4.98 Å². The molecule has 0 radical (unpaired) electrons. The molecule has 0 saturated carbocycles. The molecule has 0 fully saturated rings. The van der Waals surface area contributed by atoms with Gasteiger partial charge in [0, 0.05) is 17.0 Å². The normalized spacial score (nSPS) is 10.5. The number of thiophene rings is 1. The molecule has 4 rings (SSSR count). The van der Waals surface area contributed by atoms with Crippen molar-refractivity contribution in [3.63, 3.8) is 0 Å². The number of nitrogens with one attached hydrogen (secondary N) is 1. The maximum Gasteiger partial charge on any atom is 0.268 e. The second-order valence-electron chi connectivity index (χ2n) is 6.77. The molecular weight excluding hydrogens is 426 g/mol. The van der Waals surface area contributed by atoms with E-state index in [0.717, 1.165) is 16.9 Å². The van der Waals surface area contributed by atoms with Crippen molar-refractivity contribution < 1.29 is 14.3 Å². The highest BCUT2D eigenvalue weighted by Gasteiger charge is 2.24. The van der Waals surface area contributed by atoms with E-state index in [0.29, 0.717) is 33.0 Å². The van der Waals surface area contributed by atoms with Crippen LogP contribution in [-0.2, 0) is 0 Å². The second kappa shape index (κ2) is 8.45. The number of nitrogen functional groups attached to an aromatic ring is 2. The Balaban J connectivity index is 1.85. The van der Waals surface area contributed by atoms with Crippen molar-refractivity contribution in [3.05, 3.63) is 59.0 Å². The molecule has 9 heteroatoms. The lowest BCUT2D eigenvalue weighted by Crippen LogP contribution is -2.12. The fraction of sp³-hybridized carbons (Fsp3) is 0.0870. The largest absolute Gasteiger partial charge is 0.497 e. The van der Waals surface area contributed by atoms with Gasteiger partial charge in [-0.2, -0.15) is 5.26 Å². The maximum absolute atomic E-state index is 13.1. The summed E-state index contributed by atoms with van der Waals surface area (Å²) in [5.74, 6) is 0.697. The van der Waals surface area contributed by atoms with Crippen LogP contribution in [0.2, 0.25) is 0 Å². The number of rotatable bonds is 5. The molecule has 4 aromatic rings. The number of nitrogens with two attached hydrogens (primary N) is 2. The van der Waals surface area contributed by atoms with Gasteiger partial charge in [0.2, 0.25) is 0 Å². The quantitative estimate of drug-likeness (QED) is 0.417. The van der Waals surface area contributed by atoms with Crippen LogP contribution in [0.1, 0.15) is 15.2 Å². The highest BCUT2D eigenvalue weighted by atomic mass is 32.1. The molecule has 1 amide bonds. The summed E-state index contributed by atoms with van der Waals surface area (Å²) in [5.41, 5.74) is 14.7. The van der Waals surface area contributed by atoms with Gasteiger partial charge >= 0.3 is 0 Å². The summed E-state index contributed by atoms with van der Waals surface area (Å²) >= 11 is 1.11. The topological polar surface area (TPSA) is 136 Å². The minimum atomic E-state index is -0.426. The van der Waals surface area contributed by atoms with Crippen LogP contribution in [0.4, 0.5) is 17.2 Å². The molecule has 0 spiro atoms. The fourth-order valence-electron chi connectivity index (χ4n) is 3.43. The standard InChI is InChI=1S/C23H19N5O3S/c1-30-13-8-9-15(16(10-13)31-2)27-22(29)20-19(25)18-17(12-6-4-3-5-7-12)14(11-24)21(26)28-23(18)32-20/h3-10H,25H2,1-2H3,(H2,26,28)(H,27,29). The first-order valence-electron chi connectivity index (χ1n) is 9.48. The molecule has 8 nitrogen and oxygen atoms in total. The number of pyridine rings is 1. The number of hydrogen-bond donors (Lipinski definition) is 3. The number of carbonyl (C=O) groups excluding carboxylic acids is 1. The Morgan fingerprint density at radius 1 is 1.12 bits per heavy atom. The van der Waals surface area contributed by atoms with E-state index in [1.54, 1.807) is 25.3 Å². The third-order valence-corrected chi connectivity index (χ3v) is 6.04. The minimum Gasteiger partial charge on any atom is -0.497 e. The molecule has 0 aliphatic carbocycles. The highest BCUT2D eigenvalue weighted by Crippen LogP contribution is 2.43. The molecule has 0 aliphatic rings. The number of methoxy groups -OCH3 is 2. The van der Waals surface area contributed by atoms with Gasteiger partial charge in [-0.3, -0.25) is 4.79 Å². The first-order chi connectivity index (χ1) is 15.5. The van der Waals surface area contributed by atoms with Gasteiger partial charge in [-0.15, -0.1) is 11.3 Å². The van der Waals surface area contributed by atoms with Crippen molar-refractivity contribution >= 4 is 44.7 Å². The molecular formula is C23H19N5O3S. The number of fused-ring (bicyclic) bond motifs is 1. The van der Waals surface area contributed by atoms with E-state index < -0.39 is 5.91 Å². The van der Waals surface area contributed by atoms with E-state index >= 15 is 0 Å². The van der Waals surface area contributed by atoms with Crippen LogP contribution in [-0.4, -0.2) is 25.1 Å². The number of ether oxygens (including phenoxy) is 2. The Morgan fingerprint density at radius 3 is 2.53 bits per heavy atom. The van der Waals surface area contributed by atoms with Gasteiger partial charge in [-0.05, 0) is 17.7 Å². The zero-order valence-corrected chi connectivity index (χ0v) is 18.1. The van der Waals surface area contributed by atoms with Crippen LogP contribution in [0.15, 0.2) is 48.5 Å². The van der Waals surface area contributed by atoms with E-state index in [4.69, 9.17) is 20.9 Å². The van der Waals surface area contributed by atoms with E-state index in [1.165, 1.54) is 7.11 Å². The summed E-state index contributed by atoms with van der Waals surface area (Å²) in [6.45, 7) is 0. The third kappa shape index (κ3) is 3.53. The summed E-state index contributed by atoms with van der Waals surface area (Å²) in [4.78, 5) is 18.2. The first-order valence-corrected chi connectivity index (χ1v) is 10.3. The lowest BCUT2D eigenvalue weighted by molar-refractivity contribution is 0.103. The molecule has 32 heavy (non-hydrogen) atoms. The number of amides is 1. The van der Waals surface area contributed by atoms with Gasteiger partial charge in [-0.1, -0.05) is 30.3 Å². The van der Waals surface area contributed by atoms with Gasteiger partial charge in [0.15, 0.2) is 0 Å². The average molecular weight is 446 g/mol. The number of nitriles is 1. The Morgan fingerprint density at radius 2 is 1.88 bits per heavy atom. The van der Waals surface area contributed by atoms with Crippen LogP contribution < -0.4 is 26.3 Å². The van der Waals surface area contributed by atoms with Crippen molar-refractivity contribution in [1.29, 1.82) is 5.26 Å². The Labute approximate surface area is 188 Å². The van der Waals surface area contributed by atoms with Crippen molar-refractivity contribution in [2.24, 2.45) is 0 Å². The summed E-state index contributed by atoms with van der Waals surface area (Å²) in [6.07, 6.45) is 0. The fourth-order valence-corrected chi connectivity index (χ4v) is 4.43. The number of anilines is 3. The lowest BCUT2D eigenvalue weighted by atomic mass is 9.97. The number of aromatic nitrogens is 1. The van der Waals surface area contributed by atoms with Crippen molar-refractivity contribution in [2.45, 2.75) is 0 Å². The molecule has 5 N–H and O–H groups in total. The number of benzene rings is 2. The Bertz CT molecular complexity index is 1380. The van der Waals surface area contributed by atoms with Crippen molar-refractivity contribution in [3.8, 4) is 28.7 Å². The lowest BCUT2D eigenvalue weighted by Gasteiger charge is -2.11. The molecule has 2 heterocycles. The zero-order chi connectivity index (χ0) is 22.8. The van der Waals surface area contributed by atoms with Crippen LogP contribution >= 0.6 is 11.3 Å². The predicted molar refractivity (Wildman–Crippen MR) is 126 cm³/mol. The maximum atomic E-state index is 13.1. The molecule has 0 unspecified atom stereocenters. The molecule has 0 saturated heterocycles. The number of hydrogen-bond acceptors (Lipinski definition) is 8. The van der Waals surface area contributed by atoms with Crippen LogP contribution in [0.5, 0.6) is 11.5 Å². The van der Waals surface area contributed by atoms with E-state index in [9.17, 15) is 10.1 Å². The molecule has 2 aromatic carbocycles. The average Bonchev–Trinajstić information content (AvgIpc) is 3.14. The van der Waals surface area contributed by atoms with Crippen molar-refractivity contribution in [2.75, 3.05) is 31.0 Å². The molecule has 2 aromatic heterocycles. The Kier molecular flexibility index (Phi) is 5.54. The summed E-state index contributed by atoms with van der Waals surface area (Å²) < 4.78 is 10.5. The van der Waals surface area contributed by atoms with Gasteiger partial charge < -0.3 is 26.3 Å². The van der Waals surface area contributed by atoms with E-state index in [2.05, 4.69) is 16.4 Å². The summed E-state index contributed by atoms with van der Waals surface area (Å²) in [7, 11) is 3.05. The van der Waals surface area contributed by atoms with E-state index in [1.807, 2.05) is 30.3 Å². The number of carbonyl (C=O) groups is 1. The molecule has 160 valence electrons. The first kappa shape index (κ1) is 21.0. The SMILES string of the molecule is COc1ccc(NC(=O)c2sc3nc(N)c(C#N)c(-c4ccccc4)c3c2N)c(OC)c1. The monoisotopic (exact) mass is 445 g/mol. The second-order valence-corrected chi connectivity index (χ2v) is 7.77. The van der Waals surface area contributed by atoms with Gasteiger partial charge in [0.25, 0.3) is 5.91 Å². The molecule has 0 bridgehead atoms. The van der Waals surface area contributed by atoms with Crippen molar-refractivity contribution in [1.82, 2.24) is 4.98 Å². The van der Waals surface area contributed by atoms with Crippen LogP contribution in [0, 0.1) is 11.3 Å². The summed E-state index contributed by atoms with van der Waals surface area (Å²) in [5, 5.41) is 13.1. The minimum absolute atomic E-state index is 0.0869. The van der Waals surface area contributed by atoms with Crippen LogP contribution in [0.3, 0.4) is 0 Å². The smallest absolute Gasteiger partial charge is 0.268 e. The number of nitrogens with zero attached hydrogens (tertiary/aromatic N) is 2. The highest BCUT2D eigenvalue weighted by molar-refractivity contribution is 7.21. The Hall–Kier alpha value is -4.29. The molecule has 0 atom stereocenters. The predicted octanol–water partition coefficient (Wildman–Crippen LogP) is 4.27. The molecule has 0 aliphatic heterocycles. The van der Waals surface area contributed by atoms with Crippen LogP contribution in [0.25, 0.3) is 21.3 Å². The van der Waals surface area contributed by atoms with Gasteiger partial charge in [0.1, 0.15) is 38.7 Å². The third-order valence-electron chi connectivity index (χ3n) is 4.94. The zero-order valence-electron chi connectivity index (χ0n) is 17.3. The van der Waals surface area contributed by atoms with E-state index in [-0.39, 0.29) is 21.9 Å². The summed E-state index contributed by atoms with van der Waals surface area (Å²) in [6, 6.07) is 16.5. The van der Waals surface area contributed by atoms with Gasteiger partial charge in [0.05, 0.1) is 25.6 Å².